The molecule has 4 rings (SSSR count). The standard InChI is InChI=1S/C20H15N3O3S/c24-15-6-2-5-14(9-15)23-20-19-16(21-11-22-20)10-17(27-19)13-4-1-3-12(7-13)8-18(25)26/h1-7,9-11,24H,8H2,(H,25,26)(H,21,22,23). The molecule has 6 nitrogen and oxygen atoms in total. The van der Waals surface area contributed by atoms with Crippen molar-refractivity contribution in [3.8, 4) is 16.2 Å². The number of anilines is 2. The van der Waals surface area contributed by atoms with Crippen LogP contribution < -0.4 is 5.32 Å². The Morgan fingerprint density at radius 2 is 1.93 bits per heavy atom. The predicted molar refractivity (Wildman–Crippen MR) is 106 cm³/mol. The van der Waals surface area contributed by atoms with Crippen LogP contribution in [0.2, 0.25) is 0 Å². The van der Waals surface area contributed by atoms with Crippen molar-refractivity contribution in [3.63, 3.8) is 0 Å². The third-order valence-electron chi connectivity index (χ3n) is 3.99. The van der Waals surface area contributed by atoms with E-state index in [4.69, 9.17) is 5.11 Å². The van der Waals surface area contributed by atoms with E-state index in [1.807, 2.05) is 30.3 Å². The highest BCUT2D eigenvalue weighted by Gasteiger charge is 2.12. The van der Waals surface area contributed by atoms with Crippen molar-refractivity contribution >= 4 is 39.0 Å². The molecule has 7 heteroatoms. The van der Waals surface area contributed by atoms with Gasteiger partial charge >= 0.3 is 5.97 Å². The molecule has 0 amide bonds. The Hall–Kier alpha value is -3.45. The number of phenols is 1. The van der Waals surface area contributed by atoms with Crippen LogP contribution in [0.25, 0.3) is 20.7 Å². The Labute approximate surface area is 158 Å². The summed E-state index contributed by atoms with van der Waals surface area (Å²) in [5, 5.41) is 21.8. The van der Waals surface area contributed by atoms with E-state index in [2.05, 4.69) is 15.3 Å². The van der Waals surface area contributed by atoms with Crippen molar-refractivity contribution in [1.29, 1.82) is 0 Å². The number of hydrogen-bond donors (Lipinski definition) is 3. The van der Waals surface area contributed by atoms with Crippen LogP contribution in [0.4, 0.5) is 11.5 Å². The summed E-state index contributed by atoms with van der Waals surface area (Å²) >= 11 is 1.53. The maximum absolute atomic E-state index is 11.0. The van der Waals surface area contributed by atoms with Crippen molar-refractivity contribution in [1.82, 2.24) is 9.97 Å². The van der Waals surface area contributed by atoms with Crippen LogP contribution in [0.3, 0.4) is 0 Å². The molecule has 0 bridgehead atoms. The summed E-state index contributed by atoms with van der Waals surface area (Å²) in [5.74, 6) is -0.0251. The van der Waals surface area contributed by atoms with Gasteiger partial charge in [-0.25, -0.2) is 9.97 Å². The van der Waals surface area contributed by atoms with Gasteiger partial charge in [0.05, 0.1) is 16.6 Å². The number of rotatable bonds is 5. The Balaban J connectivity index is 1.72. The van der Waals surface area contributed by atoms with Gasteiger partial charge in [0, 0.05) is 16.6 Å². The van der Waals surface area contributed by atoms with Gasteiger partial charge in [-0.3, -0.25) is 4.79 Å². The lowest BCUT2D eigenvalue weighted by atomic mass is 10.1. The lowest BCUT2D eigenvalue weighted by Crippen LogP contribution is -1.99. The summed E-state index contributed by atoms with van der Waals surface area (Å²) in [6, 6.07) is 16.3. The van der Waals surface area contributed by atoms with Crippen molar-refractivity contribution in [3.05, 3.63) is 66.5 Å². The van der Waals surface area contributed by atoms with Gasteiger partial charge < -0.3 is 15.5 Å². The second-order valence-electron chi connectivity index (χ2n) is 5.99. The molecule has 134 valence electrons. The lowest BCUT2D eigenvalue weighted by Gasteiger charge is -2.06. The number of nitrogens with one attached hydrogen (secondary N) is 1. The molecule has 0 unspecified atom stereocenters. The molecule has 2 heterocycles. The first-order valence-corrected chi connectivity index (χ1v) is 9.02. The zero-order chi connectivity index (χ0) is 18.8. The Bertz CT molecular complexity index is 1140. The normalized spacial score (nSPS) is 10.8. The third kappa shape index (κ3) is 3.73. The molecule has 2 aromatic carbocycles. The summed E-state index contributed by atoms with van der Waals surface area (Å²) in [5.41, 5.74) is 3.23. The van der Waals surface area contributed by atoms with E-state index >= 15 is 0 Å². The minimum absolute atomic E-state index is 0.0111. The molecule has 27 heavy (non-hydrogen) atoms. The van der Waals surface area contributed by atoms with Gasteiger partial charge in [-0.15, -0.1) is 11.3 Å². The first kappa shape index (κ1) is 17.0. The summed E-state index contributed by atoms with van der Waals surface area (Å²) in [4.78, 5) is 20.6. The summed E-state index contributed by atoms with van der Waals surface area (Å²) in [7, 11) is 0. The maximum Gasteiger partial charge on any atom is 0.307 e. The highest BCUT2D eigenvalue weighted by molar-refractivity contribution is 7.22. The van der Waals surface area contributed by atoms with E-state index in [0.717, 1.165) is 31.9 Å². The van der Waals surface area contributed by atoms with Crippen LogP contribution in [0.15, 0.2) is 60.9 Å². The first-order chi connectivity index (χ1) is 13.1. The number of aromatic hydroxyl groups is 1. The SMILES string of the molecule is O=C(O)Cc1cccc(-c2cc3ncnc(Nc4cccc(O)c4)c3s2)c1. The molecule has 0 aliphatic heterocycles. The van der Waals surface area contributed by atoms with Crippen LogP contribution in [-0.2, 0) is 11.2 Å². The average Bonchev–Trinajstić information content (AvgIpc) is 3.07. The summed E-state index contributed by atoms with van der Waals surface area (Å²) < 4.78 is 0.888. The molecule has 4 aromatic rings. The van der Waals surface area contributed by atoms with Gasteiger partial charge in [-0.05, 0) is 35.4 Å². The summed E-state index contributed by atoms with van der Waals surface area (Å²) in [6.07, 6.45) is 1.48. The van der Waals surface area contributed by atoms with Crippen molar-refractivity contribution in [2.24, 2.45) is 0 Å². The Morgan fingerprint density at radius 3 is 2.74 bits per heavy atom. The number of aromatic nitrogens is 2. The van der Waals surface area contributed by atoms with E-state index in [-0.39, 0.29) is 12.2 Å². The number of nitrogens with zero attached hydrogens (tertiary/aromatic N) is 2. The fraction of sp³-hybridized carbons (Fsp3) is 0.0500. The van der Waals surface area contributed by atoms with Gasteiger partial charge in [0.2, 0.25) is 0 Å². The van der Waals surface area contributed by atoms with E-state index in [0.29, 0.717) is 5.82 Å². The number of hydrogen-bond acceptors (Lipinski definition) is 6. The van der Waals surface area contributed by atoms with Crippen LogP contribution in [0.5, 0.6) is 5.75 Å². The highest BCUT2D eigenvalue weighted by atomic mass is 32.1. The maximum atomic E-state index is 11.0. The zero-order valence-electron chi connectivity index (χ0n) is 14.1. The fourth-order valence-electron chi connectivity index (χ4n) is 2.82. The Kier molecular flexibility index (Phi) is 4.43. The molecule has 0 saturated carbocycles. The molecule has 0 aliphatic rings. The van der Waals surface area contributed by atoms with Gasteiger partial charge in [0.1, 0.15) is 12.1 Å². The fourth-order valence-corrected chi connectivity index (χ4v) is 3.87. The first-order valence-electron chi connectivity index (χ1n) is 8.20. The molecular weight excluding hydrogens is 362 g/mol. The number of carbonyl (C=O) groups is 1. The molecule has 3 N–H and O–H groups in total. The predicted octanol–water partition coefficient (Wildman–Crippen LogP) is 4.43. The molecule has 0 fully saturated rings. The molecule has 0 atom stereocenters. The van der Waals surface area contributed by atoms with Crippen molar-refractivity contribution in [2.45, 2.75) is 6.42 Å². The number of carboxylic acid groups (broad SMARTS) is 1. The van der Waals surface area contributed by atoms with Crippen molar-refractivity contribution in [2.75, 3.05) is 5.32 Å². The van der Waals surface area contributed by atoms with Gasteiger partial charge in [-0.2, -0.15) is 0 Å². The summed E-state index contributed by atoms with van der Waals surface area (Å²) in [6.45, 7) is 0. The van der Waals surface area contributed by atoms with Crippen molar-refractivity contribution < 1.29 is 15.0 Å². The number of carboxylic acids is 1. The van der Waals surface area contributed by atoms with Crippen LogP contribution in [0.1, 0.15) is 5.56 Å². The van der Waals surface area contributed by atoms with E-state index in [1.54, 1.807) is 24.3 Å². The molecule has 0 spiro atoms. The second-order valence-corrected chi connectivity index (χ2v) is 7.05. The quantitative estimate of drug-likeness (QED) is 0.476. The smallest absolute Gasteiger partial charge is 0.307 e. The molecule has 0 aliphatic carbocycles. The Morgan fingerprint density at radius 1 is 1.07 bits per heavy atom. The number of fused-ring (bicyclic) bond motifs is 1. The van der Waals surface area contributed by atoms with Gasteiger partial charge in [0.25, 0.3) is 0 Å². The van der Waals surface area contributed by atoms with Crippen LogP contribution >= 0.6 is 11.3 Å². The monoisotopic (exact) mass is 377 g/mol. The molecular formula is C20H15N3O3S. The minimum atomic E-state index is -0.855. The molecule has 2 aromatic heterocycles. The van der Waals surface area contributed by atoms with Crippen LogP contribution in [0, 0.1) is 0 Å². The zero-order valence-corrected chi connectivity index (χ0v) is 14.9. The molecule has 0 radical (unpaired) electrons. The number of aliphatic carboxylic acids is 1. The largest absolute Gasteiger partial charge is 0.508 e. The molecule has 0 saturated heterocycles. The minimum Gasteiger partial charge on any atom is -0.508 e. The third-order valence-corrected chi connectivity index (χ3v) is 5.17. The lowest BCUT2D eigenvalue weighted by molar-refractivity contribution is -0.136. The number of benzene rings is 2. The van der Waals surface area contributed by atoms with E-state index in [1.165, 1.54) is 17.7 Å². The van der Waals surface area contributed by atoms with Gasteiger partial charge in [-0.1, -0.05) is 24.3 Å². The second kappa shape index (κ2) is 7.05. The number of thiophene rings is 1. The van der Waals surface area contributed by atoms with E-state index < -0.39 is 5.97 Å². The van der Waals surface area contributed by atoms with Gasteiger partial charge in [0.15, 0.2) is 5.82 Å². The topological polar surface area (TPSA) is 95.3 Å². The van der Waals surface area contributed by atoms with Crippen LogP contribution in [-0.4, -0.2) is 26.2 Å². The highest BCUT2D eigenvalue weighted by Crippen LogP contribution is 2.37. The number of phenolic OH excluding ortho intramolecular Hbond substituents is 1. The average molecular weight is 377 g/mol. The van der Waals surface area contributed by atoms with E-state index in [9.17, 15) is 9.90 Å².